The molecular weight excluding hydrogens is 342 g/mol. The first-order chi connectivity index (χ1) is 13.1. The first-order valence-electron chi connectivity index (χ1n) is 9.03. The van der Waals surface area contributed by atoms with Gasteiger partial charge in [0, 0.05) is 30.1 Å². The number of rotatable bonds is 5. The maximum atomic E-state index is 12.0. The highest BCUT2D eigenvalue weighted by atomic mass is 16.5. The summed E-state index contributed by atoms with van der Waals surface area (Å²) in [6.45, 7) is 3.73. The Labute approximate surface area is 157 Å². The highest BCUT2D eigenvalue weighted by Crippen LogP contribution is 2.28. The summed E-state index contributed by atoms with van der Waals surface area (Å²) < 4.78 is 7.76. The molecule has 3 aromatic rings. The van der Waals surface area contributed by atoms with Crippen LogP contribution in [0.2, 0.25) is 0 Å². The number of hydrogen-bond acceptors (Lipinski definition) is 5. The number of aryl methyl sites for hydroxylation is 2. The average molecular weight is 363 g/mol. The zero-order valence-corrected chi connectivity index (χ0v) is 15.3. The van der Waals surface area contributed by atoms with Gasteiger partial charge in [0.25, 0.3) is 0 Å². The van der Waals surface area contributed by atoms with E-state index in [1.807, 2.05) is 48.9 Å². The minimum Gasteiger partial charge on any atom is -0.439 e. The summed E-state index contributed by atoms with van der Waals surface area (Å²) in [5, 5.41) is 2.95. The van der Waals surface area contributed by atoms with Gasteiger partial charge >= 0.3 is 0 Å². The van der Waals surface area contributed by atoms with Crippen LogP contribution < -0.4 is 10.1 Å². The molecule has 0 atom stereocenters. The molecule has 1 aliphatic rings. The first kappa shape index (κ1) is 17.2. The number of anilines is 1. The summed E-state index contributed by atoms with van der Waals surface area (Å²) in [6.07, 6.45) is 6.69. The molecule has 27 heavy (non-hydrogen) atoms. The van der Waals surface area contributed by atoms with Crippen molar-refractivity contribution in [3.05, 3.63) is 54.4 Å². The topological polar surface area (TPSA) is 81.9 Å². The predicted octanol–water partition coefficient (Wildman–Crippen LogP) is 3.81. The van der Waals surface area contributed by atoms with Gasteiger partial charge in [0.05, 0.1) is 0 Å². The van der Waals surface area contributed by atoms with Crippen molar-refractivity contribution < 1.29 is 9.53 Å². The lowest BCUT2D eigenvalue weighted by Gasteiger charge is -2.24. The molecule has 1 saturated carbocycles. The van der Waals surface area contributed by atoms with E-state index >= 15 is 0 Å². The van der Waals surface area contributed by atoms with E-state index in [2.05, 4.69) is 20.3 Å². The molecule has 0 aliphatic heterocycles. The fourth-order valence-corrected chi connectivity index (χ4v) is 2.96. The predicted molar refractivity (Wildman–Crippen MR) is 101 cm³/mol. The van der Waals surface area contributed by atoms with Gasteiger partial charge in [0.1, 0.15) is 23.2 Å². The standard InChI is InChI=1S/C20H21N5O2/c1-13-22-18(25-11-10-21-14(25)2)12-19(23-13)27-17-8-6-16(7-9-17)24-20(26)15-4-3-5-15/h6-12,15H,3-5H2,1-2H3,(H,24,26). The van der Waals surface area contributed by atoms with E-state index in [-0.39, 0.29) is 11.8 Å². The summed E-state index contributed by atoms with van der Waals surface area (Å²) in [5.41, 5.74) is 0.771. The molecule has 1 aliphatic carbocycles. The Bertz CT molecular complexity index is 961. The van der Waals surface area contributed by atoms with Crippen molar-refractivity contribution in [1.29, 1.82) is 0 Å². The summed E-state index contributed by atoms with van der Waals surface area (Å²) >= 11 is 0. The van der Waals surface area contributed by atoms with E-state index in [9.17, 15) is 4.79 Å². The van der Waals surface area contributed by atoms with E-state index in [4.69, 9.17) is 4.74 Å². The lowest BCUT2D eigenvalue weighted by atomic mass is 9.85. The molecule has 7 nitrogen and oxygen atoms in total. The second kappa shape index (κ2) is 7.19. The van der Waals surface area contributed by atoms with Crippen LogP contribution in [-0.2, 0) is 4.79 Å². The van der Waals surface area contributed by atoms with Crippen LogP contribution >= 0.6 is 0 Å². The van der Waals surface area contributed by atoms with Gasteiger partial charge in [0.15, 0.2) is 0 Å². The van der Waals surface area contributed by atoms with E-state index in [1.165, 1.54) is 0 Å². The summed E-state index contributed by atoms with van der Waals surface area (Å²) in [5.74, 6) is 3.51. The quantitative estimate of drug-likeness (QED) is 0.745. The van der Waals surface area contributed by atoms with Crippen molar-refractivity contribution in [3.8, 4) is 17.4 Å². The van der Waals surface area contributed by atoms with Gasteiger partial charge in [-0.1, -0.05) is 6.42 Å². The van der Waals surface area contributed by atoms with Crippen molar-refractivity contribution in [3.63, 3.8) is 0 Å². The van der Waals surface area contributed by atoms with E-state index in [1.54, 1.807) is 12.3 Å². The molecule has 0 radical (unpaired) electrons. The number of imidazole rings is 1. The number of carbonyl (C=O) groups excluding carboxylic acids is 1. The van der Waals surface area contributed by atoms with Crippen molar-refractivity contribution >= 4 is 11.6 Å². The Hall–Kier alpha value is -3.22. The minimum atomic E-state index is 0.0988. The number of hydrogen-bond donors (Lipinski definition) is 1. The Morgan fingerprint density at radius 2 is 1.96 bits per heavy atom. The van der Waals surface area contributed by atoms with Crippen LogP contribution in [0.1, 0.15) is 30.9 Å². The van der Waals surface area contributed by atoms with Crippen LogP contribution in [0.3, 0.4) is 0 Å². The molecule has 1 fully saturated rings. The lowest BCUT2D eigenvalue weighted by Crippen LogP contribution is -2.27. The molecule has 0 spiro atoms. The number of amides is 1. The van der Waals surface area contributed by atoms with Crippen LogP contribution in [0.25, 0.3) is 5.82 Å². The monoisotopic (exact) mass is 363 g/mol. The summed E-state index contributed by atoms with van der Waals surface area (Å²) in [7, 11) is 0. The smallest absolute Gasteiger partial charge is 0.227 e. The molecule has 0 unspecified atom stereocenters. The largest absolute Gasteiger partial charge is 0.439 e. The second-order valence-electron chi connectivity index (χ2n) is 6.70. The Kier molecular flexibility index (Phi) is 4.58. The fraction of sp³-hybridized carbons (Fsp3) is 0.300. The third-order valence-corrected chi connectivity index (χ3v) is 4.69. The third kappa shape index (κ3) is 3.81. The van der Waals surface area contributed by atoms with Crippen LogP contribution in [0.5, 0.6) is 11.6 Å². The molecule has 1 aromatic carbocycles. The maximum absolute atomic E-state index is 12.0. The molecule has 7 heteroatoms. The molecule has 138 valence electrons. The molecule has 1 amide bonds. The highest BCUT2D eigenvalue weighted by Gasteiger charge is 2.25. The normalized spacial score (nSPS) is 13.9. The number of nitrogens with zero attached hydrogens (tertiary/aromatic N) is 4. The molecule has 2 aromatic heterocycles. The zero-order valence-electron chi connectivity index (χ0n) is 15.3. The molecule has 1 N–H and O–H groups in total. The number of benzene rings is 1. The second-order valence-corrected chi connectivity index (χ2v) is 6.70. The van der Waals surface area contributed by atoms with Crippen molar-refractivity contribution in [1.82, 2.24) is 19.5 Å². The maximum Gasteiger partial charge on any atom is 0.227 e. The molecular formula is C20H21N5O2. The van der Waals surface area contributed by atoms with Crippen LogP contribution in [-0.4, -0.2) is 25.4 Å². The van der Waals surface area contributed by atoms with E-state index in [0.29, 0.717) is 23.3 Å². The van der Waals surface area contributed by atoms with Gasteiger partial charge in [-0.15, -0.1) is 0 Å². The van der Waals surface area contributed by atoms with Crippen LogP contribution in [0.4, 0.5) is 5.69 Å². The van der Waals surface area contributed by atoms with Crippen molar-refractivity contribution in [2.24, 2.45) is 5.92 Å². The average Bonchev–Trinajstić information content (AvgIpc) is 3.00. The third-order valence-electron chi connectivity index (χ3n) is 4.69. The summed E-state index contributed by atoms with van der Waals surface area (Å²) in [6, 6.07) is 9.07. The van der Waals surface area contributed by atoms with Crippen LogP contribution in [0.15, 0.2) is 42.7 Å². The van der Waals surface area contributed by atoms with Gasteiger partial charge in [0.2, 0.25) is 11.8 Å². The molecule has 0 saturated heterocycles. The highest BCUT2D eigenvalue weighted by molar-refractivity contribution is 5.93. The van der Waals surface area contributed by atoms with Crippen molar-refractivity contribution in [2.75, 3.05) is 5.32 Å². The van der Waals surface area contributed by atoms with Gasteiger partial charge in [-0.05, 0) is 51.0 Å². The molecule has 0 bridgehead atoms. The Morgan fingerprint density at radius 1 is 1.19 bits per heavy atom. The van der Waals surface area contributed by atoms with Crippen molar-refractivity contribution in [2.45, 2.75) is 33.1 Å². The fourth-order valence-electron chi connectivity index (χ4n) is 2.96. The van der Waals surface area contributed by atoms with Gasteiger partial charge < -0.3 is 10.1 Å². The zero-order chi connectivity index (χ0) is 18.8. The Morgan fingerprint density at radius 3 is 2.59 bits per heavy atom. The number of carbonyl (C=O) groups is 1. The number of aromatic nitrogens is 4. The minimum absolute atomic E-state index is 0.0988. The van der Waals surface area contributed by atoms with Gasteiger partial charge in [-0.25, -0.2) is 9.97 Å². The van der Waals surface area contributed by atoms with E-state index in [0.717, 1.165) is 30.8 Å². The van der Waals surface area contributed by atoms with E-state index < -0.39 is 0 Å². The SMILES string of the molecule is Cc1nc(Oc2ccc(NC(=O)C3CCC3)cc2)cc(-n2ccnc2C)n1. The lowest BCUT2D eigenvalue weighted by molar-refractivity contribution is -0.122. The Balaban J connectivity index is 1.48. The summed E-state index contributed by atoms with van der Waals surface area (Å²) in [4.78, 5) is 25.0. The first-order valence-corrected chi connectivity index (χ1v) is 9.03. The number of ether oxygens (including phenoxy) is 1. The van der Waals surface area contributed by atoms with Crippen LogP contribution in [0, 0.1) is 19.8 Å². The molecule has 4 rings (SSSR count). The molecule has 2 heterocycles. The number of nitrogens with one attached hydrogen (secondary N) is 1. The van der Waals surface area contributed by atoms with Gasteiger partial charge in [-0.3, -0.25) is 9.36 Å². The van der Waals surface area contributed by atoms with Gasteiger partial charge in [-0.2, -0.15) is 4.98 Å².